The maximum atomic E-state index is 4.59. The largest absolute Gasteiger partial charge is 0.388 e. The van der Waals surface area contributed by atoms with E-state index in [-0.39, 0.29) is 0 Å². The highest BCUT2D eigenvalue weighted by Gasteiger charge is 2.06. The molecule has 1 N–H and O–H groups in total. The summed E-state index contributed by atoms with van der Waals surface area (Å²) >= 11 is 0. The molecule has 1 rings (SSSR count). The molecule has 0 spiro atoms. The number of hydrogen-bond donors (Lipinski definition) is 1. The molecule has 0 heterocycles. The lowest BCUT2D eigenvalue weighted by molar-refractivity contribution is 1.03. The zero-order chi connectivity index (χ0) is 15.0. The fourth-order valence-corrected chi connectivity index (χ4v) is 1.70. The lowest BCUT2D eigenvalue weighted by Gasteiger charge is -2.10. The van der Waals surface area contributed by atoms with E-state index in [0.29, 0.717) is 5.84 Å². The van der Waals surface area contributed by atoms with E-state index in [1.807, 2.05) is 38.3 Å². The third-order valence-corrected chi connectivity index (χ3v) is 3.10. The van der Waals surface area contributed by atoms with Crippen molar-refractivity contribution in [3.8, 4) is 0 Å². The molecule has 1 aliphatic rings. The maximum absolute atomic E-state index is 4.59. The monoisotopic (exact) mass is 269 g/mol. The first-order chi connectivity index (χ1) is 9.62. The molecule has 20 heavy (non-hydrogen) atoms. The summed E-state index contributed by atoms with van der Waals surface area (Å²) in [6, 6.07) is 0. The zero-order valence-electron chi connectivity index (χ0n) is 12.8. The highest BCUT2D eigenvalue weighted by atomic mass is 14.9. The summed E-state index contributed by atoms with van der Waals surface area (Å²) in [4.78, 5) is 8.47. The van der Waals surface area contributed by atoms with Crippen molar-refractivity contribution in [1.29, 1.82) is 0 Å². The minimum atomic E-state index is 0.678. The topological polar surface area (TPSA) is 36.8 Å². The minimum absolute atomic E-state index is 0.678. The second-order valence-electron chi connectivity index (χ2n) is 4.51. The Morgan fingerprint density at radius 3 is 2.50 bits per heavy atom. The molecule has 3 nitrogen and oxygen atoms in total. The van der Waals surface area contributed by atoms with Crippen LogP contribution in [0.1, 0.15) is 27.2 Å². The number of amidine groups is 1. The van der Waals surface area contributed by atoms with E-state index in [1.165, 1.54) is 5.57 Å². The van der Waals surface area contributed by atoms with Crippen LogP contribution in [0.5, 0.6) is 0 Å². The van der Waals surface area contributed by atoms with Crippen LogP contribution in [-0.4, -0.2) is 19.6 Å². The zero-order valence-corrected chi connectivity index (χ0v) is 12.8. The number of hydrogen-bond acceptors (Lipinski definition) is 2. The summed E-state index contributed by atoms with van der Waals surface area (Å²) in [5.74, 6) is 0.678. The molecule has 0 radical (unpaired) electrons. The number of nitrogens with zero attached hydrogens (tertiary/aromatic N) is 2. The van der Waals surface area contributed by atoms with Crippen LogP contribution in [0.25, 0.3) is 0 Å². The highest BCUT2D eigenvalue weighted by Crippen LogP contribution is 2.22. The molecule has 0 amide bonds. The number of nitrogens with one attached hydrogen (secondary N) is 1. The van der Waals surface area contributed by atoms with Crippen LogP contribution >= 0.6 is 0 Å². The second kappa shape index (κ2) is 8.10. The Hall–Kier alpha value is -2.16. The van der Waals surface area contributed by atoms with Crippen LogP contribution in [0.2, 0.25) is 0 Å². The van der Waals surface area contributed by atoms with E-state index >= 15 is 0 Å². The molecule has 3 heteroatoms. The van der Waals surface area contributed by atoms with E-state index in [9.17, 15) is 0 Å². The molecule has 0 bridgehead atoms. The van der Waals surface area contributed by atoms with Crippen LogP contribution < -0.4 is 5.32 Å². The molecule has 0 aromatic rings. The summed E-state index contributed by atoms with van der Waals surface area (Å²) in [6.07, 6.45) is 13.2. The quantitative estimate of drug-likeness (QED) is 0.609. The minimum Gasteiger partial charge on any atom is -0.388 e. The Bertz CT molecular complexity index is 541. The maximum Gasteiger partial charge on any atom is 0.125 e. The number of allylic oxidation sites excluding steroid dienone is 7. The van der Waals surface area contributed by atoms with Gasteiger partial charge in [0.15, 0.2) is 0 Å². The van der Waals surface area contributed by atoms with E-state index in [4.69, 9.17) is 0 Å². The van der Waals surface area contributed by atoms with E-state index in [0.717, 1.165) is 23.4 Å². The van der Waals surface area contributed by atoms with Crippen molar-refractivity contribution in [3.05, 3.63) is 59.0 Å². The lowest BCUT2D eigenvalue weighted by Crippen LogP contribution is -2.03. The first-order valence-corrected chi connectivity index (χ1v) is 6.79. The summed E-state index contributed by atoms with van der Waals surface area (Å²) in [5, 5.41) is 3.14. The molecular formula is C17H23N3. The Kier molecular flexibility index (Phi) is 6.44. The smallest absolute Gasteiger partial charge is 0.125 e. The second-order valence-corrected chi connectivity index (χ2v) is 4.51. The van der Waals surface area contributed by atoms with Crippen molar-refractivity contribution < 1.29 is 0 Å². The molecule has 0 unspecified atom stereocenters. The van der Waals surface area contributed by atoms with Crippen LogP contribution in [0, 0.1) is 0 Å². The molecule has 0 aromatic heterocycles. The Morgan fingerprint density at radius 1 is 1.20 bits per heavy atom. The van der Waals surface area contributed by atoms with E-state index in [2.05, 4.69) is 48.0 Å². The van der Waals surface area contributed by atoms with E-state index < -0.39 is 0 Å². The predicted molar refractivity (Wildman–Crippen MR) is 89.2 cm³/mol. The van der Waals surface area contributed by atoms with Crippen LogP contribution in [0.15, 0.2) is 69.0 Å². The first kappa shape index (κ1) is 15.9. The highest BCUT2D eigenvalue weighted by molar-refractivity contribution is 5.85. The summed E-state index contributed by atoms with van der Waals surface area (Å²) in [5.41, 5.74) is 4.33. The summed E-state index contributed by atoms with van der Waals surface area (Å²) < 4.78 is 0. The fraction of sp³-hybridized carbons (Fsp3) is 0.294. The van der Waals surface area contributed by atoms with Crippen molar-refractivity contribution in [2.45, 2.75) is 27.2 Å². The first-order valence-electron chi connectivity index (χ1n) is 6.79. The van der Waals surface area contributed by atoms with Crippen molar-refractivity contribution in [2.24, 2.45) is 9.98 Å². The van der Waals surface area contributed by atoms with Gasteiger partial charge in [0, 0.05) is 18.3 Å². The van der Waals surface area contributed by atoms with Gasteiger partial charge in [-0.3, -0.25) is 0 Å². The average Bonchev–Trinajstić information content (AvgIpc) is 2.44. The molecule has 0 aromatic carbocycles. The van der Waals surface area contributed by atoms with Gasteiger partial charge >= 0.3 is 0 Å². The lowest BCUT2D eigenvalue weighted by atomic mass is 10.0. The molecule has 0 atom stereocenters. The normalized spacial score (nSPS) is 23.5. The van der Waals surface area contributed by atoms with Crippen molar-refractivity contribution in [1.82, 2.24) is 5.32 Å². The molecule has 106 valence electrons. The van der Waals surface area contributed by atoms with Gasteiger partial charge < -0.3 is 5.32 Å². The average molecular weight is 269 g/mol. The number of aliphatic imine (C=N–C) groups is 2. The molecule has 0 saturated carbocycles. The van der Waals surface area contributed by atoms with Crippen LogP contribution in [0.4, 0.5) is 0 Å². The van der Waals surface area contributed by atoms with Gasteiger partial charge in [0.05, 0.1) is 5.70 Å². The Morgan fingerprint density at radius 2 is 1.90 bits per heavy atom. The third-order valence-electron chi connectivity index (χ3n) is 3.10. The predicted octanol–water partition coefficient (Wildman–Crippen LogP) is 3.95. The van der Waals surface area contributed by atoms with Crippen molar-refractivity contribution in [2.75, 3.05) is 7.05 Å². The van der Waals surface area contributed by atoms with Crippen LogP contribution in [0.3, 0.4) is 0 Å². The molecule has 0 aliphatic heterocycles. The van der Waals surface area contributed by atoms with Gasteiger partial charge in [0.2, 0.25) is 0 Å². The SMILES string of the molecule is C=NC(C)=NC(=C(/C)CC)/C1=C/C=C\C=C(\NC)C=C1. The Balaban J connectivity index is 3.26. The summed E-state index contributed by atoms with van der Waals surface area (Å²) in [7, 11) is 1.91. The third kappa shape index (κ3) is 4.50. The van der Waals surface area contributed by atoms with Gasteiger partial charge in [0.25, 0.3) is 0 Å². The number of rotatable bonds is 4. The van der Waals surface area contributed by atoms with Gasteiger partial charge in [-0.2, -0.15) is 0 Å². The van der Waals surface area contributed by atoms with Gasteiger partial charge in [-0.05, 0) is 44.7 Å². The molecule has 1 aliphatic carbocycles. The van der Waals surface area contributed by atoms with Crippen molar-refractivity contribution >= 4 is 12.6 Å². The van der Waals surface area contributed by atoms with Gasteiger partial charge in [0.1, 0.15) is 5.84 Å². The molecule has 0 saturated heterocycles. The number of likely N-dealkylation sites (N-methyl/N-ethyl adjacent to an activating group) is 1. The van der Waals surface area contributed by atoms with Gasteiger partial charge in [-0.25, -0.2) is 9.98 Å². The van der Waals surface area contributed by atoms with E-state index in [1.54, 1.807) is 0 Å². The van der Waals surface area contributed by atoms with Gasteiger partial charge in [-0.15, -0.1) is 0 Å². The fourth-order valence-electron chi connectivity index (χ4n) is 1.70. The summed E-state index contributed by atoms with van der Waals surface area (Å²) in [6.45, 7) is 9.61. The van der Waals surface area contributed by atoms with Crippen molar-refractivity contribution in [3.63, 3.8) is 0 Å². The molecular weight excluding hydrogens is 246 g/mol. The van der Waals surface area contributed by atoms with Crippen LogP contribution in [-0.2, 0) is 0 Å². The Labute approximate surface area is 121 Å². The molecule has 0 fully saturated rings. The standard InChI is InChI=1S/C17H23N3/c1-6-13(2)17(20-14(3)18-4)15-9-7-8-10-16(19-5)12-11-15/h7-12,19H,4,6H2,1-3,5H3/b8-7-,9-7?,10-8?,12-11?,15-9+,15-11?,16-10+,16-12?,17-13-,20-14?. The van der Waals surface area contributed by atoms with Gasteiger partial charge in [-0.1, -0.05) is 31.2 Å².